The summed E-state index contributed by atoms with van der Waals surface area (Å²) >= 11 is 0. The molecule has 2 aromatic rings. The molecule has 0 spiro atoms. The minimum atomic E-state index is -0.330. The zero-order chi connectivity index (χ0) is 14.4. The molecular formula is C16H14FNO2. The van der Waals surface area contributed by atoms with Gasteiger partial charge in [-0.2, -0.15) is 4.99 Å². The molecule has 0 saturated carbocycles. The lowest BCUT2D eigenvalue weighted by Crippen LogP contribution is -2.00. The number of isocyanates is 1. The van der Waals surface area contributed by atoms with Crippen LogP contribution >= 0.6 is 0 Å². The van der Waals surface area contributed by atoms with Crippen molar-refractivity contribution in [1.82, 2.24) is 0 Å². The van der Waals surface area contributed by atoms with Crippen molar-refractivity contribution in [1.29, 1.82) is 0 Å². The zero-order valence-corrected chi connectivity index (χ0v) is 11.0. The van der Waals surface area contributed by atoms with Gasteiger partial charge in [-0.05, 0) is 41.8 Å². The van der Waals surface area contributed by atoms with E-state index in [0.29, 0.717) is 6.42 Å². The average Bonchev–Trinajstić information content (AvgIpc) is 2.49. The van der Waals surface area contributed by atoms with E-state index in [0.717, 1.165) is 16.9 Å². The first kappa shape index (κ1) is 14.0. The van der Waals surface area contributed by atoms with E-state index in [4.69, 9.17) is 4.74 Å². The summed E-state index contributed by atoms with van der Waals surface area (Å²) in [5.41, 5.74) is 1.80. The van der Waals surface area contributed by atoms with Crippen LogP contribution in [0.25, 0.3) is 0 Å². The predicted octanol–water partition coefficient (Wildman–Crippen LogP) is 3.45. The lowest BCUT2D eigenvalue weighted by molar-refractivity contribution is 0.414. The molecule has 0 bridgehead atoms. The normalized spacial score (nSPS) is 11.5. The van der Waals surface area contributed by atoms with Gasteiger partial charge in [-0.1, -0.05) is 24.3 Å². The summed E-state index contributed by atoms with van der Waals surface area (Å²) in [5.74, 6) is 0.456. The third kappa shape index (κ3) is 3.53. The van der Waals surface area contributed by atoms with E-state index in [1.165, 1.54) is 12.1 Å². The van der Waals surface area contributed by atoms with E-state index in [1.54, 1.807) is 25.3 Å². The van der Waals surface area contributed by atoms with Gasteiger partial charge < -0.3 is 4.74 Å². The molecular weight excluding hydrogens is 257 g/mol. The van der Waals surface area contributed by atoms with Crippen LogP contribution in [-0.4, -0.2) is 13.2 Å². The zero-order valence-electron chi connectivity index (χ0n) is 11.0. The number of hydrogen-bond donors (Lipinski definition) is 0. The number of nitrogens with zero attached hydrogens (tertiary/aromatic N) is 1. The maximum absolute atomic E-state index is 12.9. The van der Waals surface area contributed by atoms with E-state index in [1.807, 2.05) is 24.3 Å². The number of carbonyl (C=O) groups excluding carboxylic acids is 1. The molecule has 2 rings (SSSR count). The summed E-state index contributed by atoms with van der Waals surface area (Å²) < 4.78 is 18.0. The Morgan fingerprint density at radius 2 is 1.80 bits per heavy atom. The van der Waals surface area contributed by atoms with Crippen LogP contribution in [-0.2, 0) is 11.2 Å². The monoisotopic (exact) mass is 271 g/mol. The van der Waals surface area contributed by atoms with Crippen LogP contribution in [0.1, 0.15) is 17.2 Å². The van der Waals surface area contributed by atoms with Crippen molar-refractivity contribution in [3.05, 3.63) is 65.5 Å². The number of ether oxygens (including phenoxy) is 1. The predicted molar refractivity (Wildman–Crippen MR) is 74.0 cm³/mol. The molecule has 102 valence electrons. The van der Waals surface area contributed by atoms with Crippen LogP contribution in [0.4, 0.5) is 4.39 Å². The van der Waals surface area contributed by atoms with Crippen molar-refractivity contribution in [3.8, 4) is 5.75 Å². The molecule has 2 aromatic carbocycles. The van der Waals surface area contributed by atoms with Crippen molar-refractivity contribution in [2.45, 2.75) is 12.5 Å². The summed E-state index contributed by atoms with van der Waals surface area (Å²) in [6, 6.07) is 13.2. The molecule has 1 atom stereocenters. The Kier molecular flexibility index (Phi) is 4.64. The van der Waals surface area contributed by atoms with Crippen LogP contribution < -0.4 is 4.74 Å². The van der Waals surface area contributed by atoms with Crippen molar-refractivity contribution < 1.29 is 13.9 Å². The fourth-order valence-corrected chi connectivity index (χ4v) is 1.97. The molecule has 0 fully saturated rings. The summed E-state index contributed by atoms with van der Waals surface area (Å²) in [5, 5.41) is 0. The molecule has 0 saturated heterocycles. The Morgan fingerprint density at radius 3 is 2.35 bits per heavy atom. The largest absolute Gasteiger partial charge is 0.497 e. The second-order valence-corrected chi connectivity index (χ2v) is 4.34. The van der Waals surface area contributed by atoms with E-state index >= 15 is 0 Å². The first-order chi connectivity index (χ1) is 9.72. The van der Waals surface area contributed by atoms with Crippen LogP contribution in [0, 0.1) is 5.82 Å². The van der Waals surface area contributed by atoms with Gasteiger partial charge in [0, 0.05) is 0 Å². The third-order valence-corrected chi connectivity index (χ3v) is 3.05. The van der Waals surface area contributed by atoms with Gasteiger partial charge in [0.1, 0.15) is 11.6 Å². The van der Waals surface area contributed by atoms with E-state index in [-0.39, 0.29) is 11.9 Å². The number of halogens is 1. The second kappa shape index (κ2) is 6.64. The van der Waals surface area contributed by atoms with Gasteiger partial charge in [0.05, 0.1) is 13.2 Å². The Balaban J connectivity index is 2.21. The fraction of sp³-hybridized carbons (Fsp3) is 0.188. The average molecular weight is 271 g/mol. The Hall–Kier alpha value is -2.45. The molecule has 1 unspecified atom stereocenters. The molecule has 0 N–H and O–H groups in total. The molecule has 3 nitrogen and oxygen atoms in total. The van der Waals surface area contributed by atoms with Gasteiger partial charge in [0.15, 0.2) is 0 Å². The Bertz CT molecular complexity index is 601. The van der Waals surface area contributed by atoms with Gasteiger partial charge in [-0.3, -0.25) is 0 Å². The second-order valence-electron chi connectivity index (χ2n) is 4.34. The molecule has 0 aliphatic carbocycles. The van der Waals surface area contributed by atoms with Crippen LogP contribution in [0.15, 0.2) is 53.5 Å². The maximum Gasteiger partial charge on any atom is 0.235 e. The summed E-state index contributed by atoms with van der Waals surface area (Å²) in [7, 11) is 1.59. The van der Waals surface area contributed by atoms with Gasteiger partial charge in [-0.25, -0.2) is 9.18 Å². The molecule has 20 heavy (non-hydrogen) atoms. The van der Waals surface area contributed by atoms with E-state index in [2.05, 4.69) is 4.99 Å². The topological polar surface area (TPSA) is 38.7 Å². The quantitative estimate of drug-likeness (QED) is 0.617. The first-order valence-electron chi connectivity index (χ1n) is 6.18. The number of aliphatic imine (C=N–C) groups is 1. The van der Waals surface area contributed by atoms with Crippen molar-refractivity contribution in [2.24, 2.45) is 4.99 Å². The molecule has 0 amide bonds. The number of benzene rings is 2. The lowest BCUT2D eigenvalue weighted by Gasteiger charge is -2.12. The highest BCUT2D eigenvalue weighted by Gasteiger charge is 2.11. The molecule has 0 heterocycles. The number of hydrogen-bond acceptors (Lipinski definition) is 3. The highest BCUT2D eigenvalue weighted by atomic mass is 19.1. The van der Waals surface area contributed by atoms with Gasteiger partial charge >= 0.3 is 0 Å². The van der Waals surface area contributed by atoms with Gasteiger partial charge in [0.2, 0.25) is 6.08 Å². The minimum Gasteiger partial charge on any atom is -0.497 e. The highest BCUT2D eigenvalue weighted by molar-refractivity contribution is 5.37. The minimum absolute atomic E-state index is 0.284. The molecule has 4 heteroatoms. The summed E-state index contributed by atoms with van der Waals surface area (Å²) in [6.45, 7) is 0. The van der Waals surface area contributed by atoms with Crippen molar-refractivity contribution in [3.63, 3.8) is 0 Å². The Labute approximate surface area is 116 Å². The Morgan fingerprint density at radius 1 is 1.15 bits per heavy atom. The lowest BCUT2D eigenvalue weighted by atomic mass is 9.99. The molecule has 0 radical (unpaired) electrons. The first-order valence-corrected chi connectivity index (χ1v) is 6.18. The van der Waals surface area contributed by atoms with Crippen LogP contribution in [0.3, 0.4) is 0 Å². The summed E-state index contributed by atoms with van der Waals surface area (Å²) in [4.78, 5) is 14.4. The maximum atomic E-state index is 12.9. The van der Waals surface area contributed by atoms with Crippen LogP contribution in [0.2, 0.25) is 0 Å². The SMILES string of the molecule is COc1ccc(C(Cc2ccc(F)cc2)N=C=O)cc1. The highest BCUT2D eigenvalue weighted by Crippen LogP contribution is 2.24. The van der Waals surface area contributed by atoms with Crippen LogP contribution in [0.5, 0.6) is 5.75 Å². The summed E-state index contributed by atoms with van der Waals surface area (Å²) in [6.07, 6.45) is 2.11. The number of methoxy groups -OCH3 is 1. The van der Waals surface area contributed by atoms with E-state index < -0.39 is 0 Å². The fourth-order valence-electron chi connectivity index (χ4n) is 1.97. The molecule has 0 aliphatic heterocycles. The van der Waals surface area contributed by atoms with E-state index in [9.17, 15) is 9.18 Å². The molecule has 0 aromatic heterocycles. The van der Waals surface area contributed by atoms with Gasteiger partial charge in [-0.15, -0.1) is 0 Å². The smallest absolute Gasteiger partial charge is 0.235 e. The van der Waals surface area contributed by atoms with Crippen molar-refractivity contribution >= 4 is 6.08 Å². The standard InChI is InChI=1S/C16H14FNO2/c1-20-15-8-4-13(5-9-15)16(18-11-19)10-12-2-6-14(17)7-3-12/h2-9,16H,10H2,1H3. The van der Waals surface area contributed by atoms with Crippen molar-refractivity contribution in [2.75, 3.05) is 7.11 Å². The number of rotatable bonds is 5. The molecule has 0 aliphatic rings. The van der Waals surface area contributed by atoms with Gasteiger partial charge in [0.25, 0.3) is 0 Å². The third-order valence-electron chi connectivity index (χ3n) is 3.05.